The SMILES string of the molecule is COc1ccc(/C=N/NC(=O)c2ccc3nc(/C=C/c4ccccc4)[nH]c3c2)cc1. The van der Waals surface area contributed by atoms with Gasteiger partial charge in [0.15, 0.2) is 0 Å². The number of rotatable bonds is 6. The highest BCUT2D eigenvalue weighted by atomic mass is 16.5. The number of hydrazone groups is 1. The molecule has 3 aromatic carbocycles. The molecule has 4 rings (SSSR count). The van der Waals surface area contributed by atoms with Crippen molar-refractivity contribution in [2.45, 2.75) is 0 Å². The maximum absolute atomic E-state index is 12.4. The van der Waals surface area contributed by atoms with Gasteiger partial charge in [0.1, 0.15) is 11.6 Å². The Morgan fingerprint density at radius 3 is 2.57 bits per heavy atom. The normalized spacial score (nSPS) is 11.4. The molecule has 0 aliphatic rings. The number of ether oxygens (including phenoxy) is 1. The summed E-state index contributed by atoms with van der Waals surface area (Å²) in [6.07, 6.45) is 5.48. The number of carbonyl (C=O) groups excluding carboxylic acids is 1. The molecule has 148 valence electrons. The van der Waals surface area contributed by atoms with E-state index in [9.17, 15) is 4.79 Å². The van der Waals surface area contributed by atoms with Crippen LogP contribution < -0.4 is 10.2 Å². The summed E-state index contributed by atoms with van der Waals surface area (Å²) in [5.41, 5.74) is 6.57. The van der Waals surface area contributed by atoms with Crippen LogP contribution in [0.2, 0.25) is 0 Å². The Kier molecular flexibility index (Phi) is 5.66. The van der Waals surface area contributed by atoms with E-state index in [4.69, 9.17) is 4.74 Å². The van der Waals surface area contributed by atoms with Gasteiger partial charge in [-0.25, -0.2) is 10.4 Å². The molecule has 0 saturated carbocycles. The zero-order valence-corrected chi connectivity index (χ0v) is 16.4. The molecule has 1 amide bonds. The number of imidazole rings is 1. The molecule has 0 saturated heterocycles. The van der Waals surface area contributed by atoms with Crippen LogP contribution in [0.3, 0.4) is 0 Å². The van der Waals surface area contributed by atoms with E-state index in [0.717, 1.165) is 33.7 Å². The van der Waals surface area contributed by atoms with Crippen LogP contribution in [0.5, 0.6) is 5.75 Å². The van der Waals surface area contributed by atoms with Crippen molar-refractivity contribution in [2.24, 2.45) is 5.10 Å². The molecule has 30 heavy (non-hydrogen) atoms. The highest BCUT2D eigenvalue weighted by Crippen LogP contribution is 2.16. The van der Waals surface area contributed by atoms with E-state index in [-0.39, 0.29) is 5.91 Å². The van der Waals surface area contributed by atoms with Crippen LogP contribution in [-0.2, 0) is 0 Å². The van der Waals surface area contributed by atoms with Crippen molar-refractivity contribution >= 4 is 35.3 Å². The van der Waals surface area contributed by atoms with Crippen molar-refractivity contribution < 1.29 is 9.53 Å². The summed E-state index contributed by atoms with van der Waals surface area (Å²) in [4.78, 5) is 20.2. The summed E-state index contributed by atoms with van der Waals surface area (Å²) in [6, 6.07) is 22.7. The zero-order chi connectivity index (χ0) is 20.8. The van der Waals surface area contributed by atoms with Crippen molar-refractivity contribution in [1.29, 1.82) is 0 Å². The molecule has 0 unspecified atom stereocenters. The first-order chi connectivity index (χ1) is 14.7. The van der Waals surface area contributed by atoms with Crippen molar-refractivity contribution in [3.05, 3.63) is 95.3 Å². The number of carbonyl (C=O) groups is 1. The fourth-order valence-corrected chi connectivity index (χ4v) is 2.91. The molecule has 2 N–H and O–H groups in total. The van der Waals surface area contributed by atoms with Crippen LogP contribution in [-0.4, -0.2) is 29.2 Å². The molecule has 0 aliphatic carbocycles. The predicted molar refractivity (Wildman–Crippen MR) is 120 cm³/mol. The summed E-state index contributed by atoms with van der Waals surface area (Å²) < 4.78 is 5.12. The van der Waals surface area contributed by atoms with E-state index in [0.29, 0.717) is 5.56 Å². The number of amides is 1. The molecule has 6 heteroatoms. The molecule has 0 aliphatic heterocycles. The van der Waals surface area contributed by atoms with E-state index in [1.807, 2.05) is 72.8 Å². The third kappa shape index (κ3) is 4.62. The summed E-state index contributed by atoms with van der Waals surface area (Å²) in [6.45, 7) is 0. The lowest BCUT2D eigenvalue weighted by Gasteiger charge is -2.01. The summed E-state index contributed by atoms with van der Waals surface area (Å²) in [5.74, 6) is 1.20. The topological polar surface area (TPSA) is 79.4 Å². The maximum Gasteiger partial charge on any atom is 0.271 e. The summed E-state index contributed by atoms with van der Waals surface area (Å²) in [7, 11) is 1.61. The summed E-state index contributed by atoms with van der Waals surface area (Å²) in [5, 5.41) is 4.02. The van der Waals surface area contributed by atoms with Gasteiger partial charge in [0.05, 0.1) is 24.4 Å². The quantitative estimate of drug-likeness (QED) is 0.372. The first-order valence-corrected chi connectivity index (χ1v) is 9.41. The van der Waals surface area contributed by atoms with Gasteiger partial charge in [-0.3, -0.25) is 4.79 Å². The molecule has 0 bridgehead atoms. The van der Waals surface area contributed by atoms with Gasteiger partial charge in [-0.15, -0.1) is 0 Å². The lowest BCUT2D eigenvalue weighted by atomic mass is 10.2. The first kappa shape index (κ1) is 19.1. The number of aromatic amines is 1. The first-order valence-electron chi connectivity index (χ1n) is 9.41. The number of nitrogens with zero attached hydrogens (tertiary/aromatic N) is 2. The second-order valence-corrected chi connectivity index (χ2v) is 6.57. The Morgan fingerprint density at radius 2 is 1.80 bits per heavy atom. The second kappa shape index (κ2) is 8.87. The largest absolute Gasteiger partial charge is 0.497 e. The minimum absolute atomic E-state index is 0.294. The molecule has 0 atom stereocenters. The highest BCUT2D eigenvalue weighted by molar-refractivity contribution is 5.98. The van der Waals surface area contributed by atoms with Crippen LogP contribution in [0.15, 0.2) is 77.9 Å². The van der Waals surface area contributed by atoms with Crippen LogP contribution >= 0.6 is 0 Å². The Labute approximate surface area is 173 Å². The maximum atomic E-state index is 12.4. The van der Waals surface area contributed by atoms with Crippen molar-refractivity contribution in [2.75, 3.05) is 7.11 Å². The number of benzene rings is 3. The number of methoxy groups -OCH3 is 1. The van der Waals surface area contributed by atoms with Gasteiger partial charge in [0.2, 0.25) is 0 Å². The zero-order valence-electron chi connectivity index (χ0n) is 16.4. The van der Waals surface area contributed by atoms with Gasteiger partial charge < -0.3 is 9.72 Å². The number of fused-ring (bicyclic) bond motifs is 1. The van der Waals surface area contributed by atoms with Gasteiger partial charge in [0.25, 0.3) is 5.91 Å². The Balaban J connectivity index is 1.44. The molecule has 6 nitrogen and oxygen atoms in total. The van der Waals surface area contributed by atoms with Gasteiger partial charge in [-0.05, 0) is 59.7 Å². The third-order valence-electron chi connectivity index (χ3n) is 4.49. The molecule has 1 aromatic heterocycles. The number of aromatic nitrogens is 2. The third-order valence-corrected chi connectivity index (χ3v) is 4.49. The molecular weight excluding hydrogens is 376 g/mol. The Hall–Kier alpha value is -4.19. The highest BCUT2D eigenvalue weighted by Gasteiger charge is 2.08. The van der Waals surface area contributed by atoms with Crippen molar-refractivity contribution in [1.82, 2.24) is 15.4 Å². The monoisotopic (exact) mass is 396 g/mol. The molecule has 4 aromatic rings. The van der Waals surface area contributed by atoms with Crippen LogP contribution in [0.25, 0.3) is 23.2 Å². The number of hydrogen-bond acceptors (Lipinski definition) is 4. The second-order valence-electron chi connectivity index (χ2n) is 6.57. The smallest absolute Gasteiger partial charge is 0.271 e. The lowest BCUT2D eigenvalue weighted by molar-refractivity contribution is 0.0955. The fourth-order valence-electron chi connectivity index (χ4n) is 2.91. The number of nitrogens with one attached hydrogen (secondary N) is 2. The Morgan fingerprint density at radius 1 is 1.00 bits per heavy atom. The summed E-state index contributed by atoms with van der Waals surface area (Å²) >= 11 is 0. The molecule has 0 spiro atoms. The van der Waals surface area contributed by atoms with Gasteiger partial charge in [-0.1, -0.05) is 36.4 Å². The Bertz CT molecular complexity index is 1210. The van der Waals surface area contributed by atoms with E-state index in [1.165, 1.54) is 0 Å². The van der Waals surface area contributed by atoms with E-state index in [1.54, 1.807) is 25.5 Å². The fraction of sp³-hybridized carbons (Fsp3) is 0.0417. The van der Waals surface area contributed by atoms with E-state index >= 15 is 0 Å². The van der Waals surface area contributed by atoms with Crippen LogP contribution in [0.4, 0.5) is 0 Å². The molecule has 0 fully saturated rings. The minimum atomic E-state index is -0.294. The number of hydrogen-bond donors (Lipinski definition) is 2. The lowest BCUT2D eigenvalue weighted by Crippen LogP contribution is -2.17. The van der Waals surface area contributed by atoms with Gasteiger partial charge in [-0.2, -0.15) is 5.10 Å². The molecule has 0 radical (unpaired) electrons. The molecule has 1 heterocycles. The standard InChI is InChI=1S/C24H20N4O2/c1-30-20-11-7-18(8-12-20)16-25-28-24(29)19-10-13-21-22(15-19)27-23(26-21)14-9-17-5-3-2-4-6-17/h2-16H,1H3,(H,26,27)(H,28,29)/b14-9+,25-16+. The van der Waals surface area contributed by atoms with Crippen LogP contribution in [0, 0.1) is 0 Å². The predicted octanol–water partition coefficient (Wildman–Crippen LogP) is 4.51. The van der Waals surface area contributed by atoms with Crippen molar-refractivity contribution in [3.8, 4) is 5.75 Å². The number of H-pyrrole nitrogens is 1. The molecular formula is C24H20N4O2. The van der Waals surface area contributed by atoms with E-state index < -0.39 is 0 Å². The minimum Gasteiger partial charge on any atom is -0.497 e. The van der Waals surface area contributed by atoms with Gasteiger partial charge >= 0.3 is 0 Å². The average molecular weight is 396 g/mol. The van der Waals surface area contributed by atoms with E-state index in [2.05, 4.69) is 20.5 Å². The van der Waals surface area contributed by atoms with Gasteiger partial charge in [0, 0.05) is 5.56 Å². The average Bonchev–Trinajstić information content (AvgIpc) is 3.21. The van der Waals surface area contributed by atoms with Crippen LogP contribution in [0.1, 0.15) is 27.3 Å². The van der Waals surface area contributed by atoms with Crippen molar-refractivity contribution in [3.63, 3.8) is 0 Å².